The number of amides is 1. The molecule has 0 radical (unpaired) electrons. The van der Waals surface area contributed by atoms with Gasteiger partial charge in [-0.15, -0.1) is 0 Å². The maximum absolute atomic E-state index is 13.5. The summed E-state index contributed by atoms with van der Waals surface area (Å²) < 4.78 is 6.52. The van der Waals surface area contributed by atoms with Crippen molar-refractivity contribution in [2.75, 3.05) is 4.90 Å². The van der Waals surface area contributed by atoms with E-state index in [0.29, 0.717) is 38.2 Å². The third-order valence-electron chi connectivity index (χ3n) is 6.42. The normalized spacial score (nSPS) is 20.5. The summed E-state index contributed by atoms with van der Waals surface area (Å²) in [5.74, 6) is -1.18. The van der Waals surface area contributed by atoms with Gasteiger partial charge in [0.1, 0.15) is 17.6 Å². The highest BCUT2D eigenvalue weighted by atomic mass is 35.5. The van der Waals surface area contributed by atoms with Gasteiger partial charge < -0.3 is 9.84 Å². The highest BCUT2D eigenvalue weighted by Gasteiger charge is 2.48. The Balaban J connectivity index is 1.55. The second-order valence-electron chi connectivity index (χ2n) is 8.91. The number of hydrogen-bond donors (Lipinski definition) is 1. The quantitative estimate of drug-likeness (QED) is 0.160. The Bertz CT molecular complexity index is 1660. The van der Waals surface area contributed by atoms with Crippen LogP contribution < -0.4 is 9.64 Å². The summed E-state index contributed by atoms with van der Waals surface area (Å²) in [6, 6.07) is 14.3. The largest absolute Gasteiger partial charge is 0.507 e. The number of Topliss-reactive ketones (excluding diaryl/α,β-unsaturated/α-hetero) is 1. The van der Waals surface area contributed by atoms with E-state index < -0.39 is 17.7 Å². The van der Waals surface area contributed by atoms with Gasteiger partial charge in [-0.1, -0.05) is 52.2 Å². The van der Waals surface area contributed by atoms with Crippen molar-refractivity contribution < 1.29 is 19.4 Å². The van der Waals surface area contributed by atoms with E-state index in [9.17, 15) is 14.7 Å². The van der Waals surface area contributed by atoms with Crippen molar-refractivity contribution in [3.63, 3.8) is 0 Å². The molecule has 1 saturated heterocycles. The van der Waals surface area contributed by atoms with E-state index in [2.05, 4.69) is 4.98 Å². The summed E-state index contributed by atoms with van der Waals surface area (Å²) in [5.41, 5.74) is 2.40. The fourth-order valence-corrected chi connectivity index (χ4v) is 6.32. The standard InChI is InChI=1S/C27H17Cl3N2O4S/c1-12-8-15-9-14(3-7-20(15)36-12)24(33)22-23(13-2-5-17(29)18(30)10-13)32(26(35)25(22)34)27-31-19-6-4-16(28)11-21(19)37-27/h2-7,9-12,23,33H,8H2,1H3/b24-22-. The van der Waals surface area contributed by atoms with Crippen LogP contribution in [-0.2, 0) is 16.0 Å². The molecule has 2 atom stereocenters. The molecule has 6 nitrogen and oxygen atoms in total. The van der Waals surface area contributed by atoms with E-state index in [0.717, 1.165) is 16.0 Å². The average Bonchev–Trinajstić information content (AvgIpc) is 3.52. The Morgan fingerprint density at radius 2 is 1.86 bits per heavy atom. The third kappa shape index (κ3) is 4.07. The van der Waals surface area contributed by atoms with Gasteiger partial charge in [-0.25, -0.2) is 4.98 Å². The molecule has 186 valence electrons. The number of aliphatic hydroxyl groups excluding tert-OH is 1. The lowest BCUT2D eigenvalue weighted by atomic mass is 9.94. The highest BCUT2D eigenvalue weighted by molar-refractivity contribution is 7.22. The molecule has 1 fully saturated rings. The van der Waals surface area contributed by atoms with Crippen LogP contribution in [0, 0.1) is 0 Å². The minimum Gasteiger partial charge on any atom is -0.507 e. The van der Waals surface area contributed by atoms with Gasteiger partial charge in [0.05, 0.1) is 31.9 Å². The molecule has 2 aliphatic rings. The second-order valence-corrected chi connectivity index (χ2v) is 11.2. The predicted molar refractivity (Wildman–Crippen MR) is 146 cm³/mol. The summed E-state index contributed by atoms with van der Waals surface area (Å²) in [6.07, 6.45) is 0.691. The van der Waals surface area contributed by atoms with E-state index in [1.807, 2.05) is 6.92 Å². The van der Waals surface area contributed by atoms with Crippen molar-refractivity contribution in [1.29, 1.82) is 0 Å². The van der Waals surface area contributed by atoms with Crippen molar-refractivity contribution in [2.24, 2.45) is 0 Å². The molecule has 3 aromatic carbocycles. The summed E-state index contributed by atoms with van der Waals surface area (Å²) in [6.45, 7) is 1.96. The number of benzene rings is 3. The molecule has 1 amide bonds. The Morgan fingerprint density at radius 1 is 1.05 bits per heavy atom. The summed E-state index contributed by atoms with van der Waals surface area (Å²) in [5, 5.41) is 12.9. The van der Waals surface area contributed by atoms with Gasteiger partial charge >= 0.3 is 5.91 Å². The zero-order chi connectivity index (χ0) is 26.0. The number of carbonyl (C=O) groups excluding carboxylic acids is 2. The van der Waals surface area contributed by atoms with E-state index in [-0.39, 0.29) is 22.5 Å². The number of ether oxygens (including phenoxy) is 1. The van der Waals surface area contributed by atoms with Crippen LogP contribution in [0.1, 0.15) is 29.7 Å². The molecule has 0 spiro atoms. The maximum Gasteiger partial charge on any atom is 0.301 e. The monoisotopic (exact) mass is 570 g/mol. The lowest BCUT2D eigenvalue weighted by Gasteiger charge is -2.23. The van der Waals surface area contributed by atoms with Gasteiger partial charge in [-0.3, -0.25) is 14.5 Å². The molecule has 0 aliphatic carbocycles. The lowest BCUT2D eigenvalue weighted by Crippen LogP contribution is -2.29. The molecule has 2 unspecified atom stereocenters. The first-order chi connectivity index (χ1) is 17.7. The first-order valence-electron chi connectivity index (χ1n) is 11.3. The average molecular weight is 572 g/mol. The van der Waals surface area contributed by atoms with Crippen molar-refractivity contribution in [1.82, 2.24) is 4.98 Å². The molecular formula is C27H17Cl3N2O4S. The molecule has 6 rings (SSSR count). The number of anilines is 1. The molecule has 1 aromatic heterocycles. The molecule has 0 bridgehead atoms. The number of carbonyl (C=O) groups is 2. The molecule has 0 saturated carbocycles. The fourth-order valence-electron chi connectivity index (χ4n) is 4.74. The molecule has 1 N–H and O–H groups in total. The summed E-state index contributed by atoms with van der Waals surface area (Å²) in [4.78, 5) is 32.8. The van der Waals surface area contributed by atoms with Gasteiger partial charge in [-0.2, -0.15) is 0 Å². The second kappa shape index (κ2) is 9.03. The molecule has 10 heteroatoms. The molecule has 4 aromatic rings. The summed E-state index contributed by atoms with van der Waals surface area (Å²) >= 11 is 19.8. The van der Waals surface area contributed by atoms with Gasteiger partial charge in [0, 0.05) is 17.0 Å². The zero-order valence-electron chi connectivity index (χ0n) is 19.2. The van der Waals surface area contributed by atoms with Crippen LogP contribution in [0.5, 0.6) is 5.75 Å². The topological polar surface area (TPSA) is 79.7 Å². The molecule has 2 aliphatic heterocycles. The van der Waals surface area contributed by atoms with Crippen molar-refractivity contribution in [3.05, 3.63) is 91.9 Å². The van der Waals surface area contributed by atoms with Crippen molar-refractivity contribution in [2.45, 2.75) is 25.5 Å². The first kappa shape index (κ1) is 24.2. The maximum atomic E-state index is 13.5. The van der Waals surface area contributed by atoms with Crippen LogP contribution in [0.25, 0.3) is 16.0 Å². The Morgan fingerprint density at radius 3 is 2.65 bits per heavy atom. The van der Waals surface area contributed by atoms with E-state index in [4.69, 9.17) is 39.5 Å². The Labute approximate surface area is 230 Å². The summed E-state index contributed by atoms with van der Waals surface area (Å²) in [7, 11) is 0. The number of hydrogen-bond acceptors (Lipinski definition) is 6. The van der Waals surface area contributed by atoms with Crippen LogP contribution in [0.4, 0.5) is 5.13 Å². The van der Waals surface area contributed by atoms with Gasteiger partial charge in [0.15, 0.2) is 5.13 Å². The smallest absolute Gasteiger partial charge is 0.301 e. The zero-order valence-corrected chi connectivity index (χ0v) is 22.3. The number of thiazole rings is 1. The SMILES string of the molecule is CC1Cc2cc(/C(O)=C3/C(=O)C(=O)N(c4nc5ccc(Cl)cc5s4)C3c3ccc(Cl)c(Cl)c3)ccc2O1. The molecular weight excluding hydrogens is 555 g/mol. The predicted octanol–water partition coefficient (Wildman–Crippen LogP) is 7.21. The first-order valence-corrected chi connectivity index (χ1v) is 13.3. The third-order valence-corrected chi connectivity index (χ3v) is 8.41. The van der Waals surface area contributed by atoms with Crippen LogP contribution in [0.15, 0.2) is 60.2 Å². The van der Waals surface area contributed by atoms with Crippen molar-refractivity contribution >= 4 is 78.9 Å². The minimum atomic E-state index is -0.978. The number of nitrogens with zero attached hydrogens (tertiary/aromatic N) is 2. The van der Waals surface area contributed by atoms with E-state index in [1.165, 1.54) is 16.2 Å². The number of ketones is 1. The number of aliphatic hydroxyl groups is 1. The number of fused-ring (bicyclic) bond motifs is 2. The number of aromatic nitrogens is 1. The van der Waals surface area contributed by atoms with Gasteiger partial charge in [0.25, 0.3) is 5.78 Å². The number of halogens is 3. The lowest BCUT2D eigenvalue weighted by molar-refractivity contribution is -0.132. The van der Waals surface area contributed by atoms with Crippen LogP contribution in [0.2, 0.25) is 15.1 Å². The van der Waals surface area contributed by atoms with Crippen LogP contribution >= 0.6 is 46.1 Å². The Kier molecular flexibility index (Phi) is 5.92. The molecule has 37 heavy (non-hydrogen) atoms. The van der Waals surface area contributed by atoms with Crippen LogP contribution in [0.3, 0.4) is 0 Å². The molecule has 3 heterocycles. The highest BCUT2D eigenvalue weighted by Crippen LogP contribution is 2.46. The minimum absolute atomic E-state index is 0.0155. The van der Waals surface area contributed by atoms with Crippen LogP contribution in [-0.4, -0.2) is 27.9 Å². The van der Waals surface area contributed by atoms with Gasteiger partial charge in [-0.05, 0) is 66.6 Å². The van der Waals surface area contributed by atoms with Gasteiger partial charge in [0.2, 0.25) is 0 Å². The van der Waals surface area contributed by atoms with E-state index >= 15 is 0 Å². The fraction of sp³-hybridized carbons (Fsp3) is 0.148. The number of rotatable bonds is 3. The van der Waals surface area contributed by atoms with E-state index in [1.54, 1.807) is 54.6 Å². The Hall–Kier alpha value is -3.10. The van der Waals surface area contributed by atoms with Crippen molar-refractivity contribution in [3.8, 4) is 5.75 Å².